The first-order valence-electron chi connectivity index (χ1n) is 12.4. The molecule has 0 unspecified atom stereocenters. The van der Waals surface area contributed by atoms with Crippen LogP contribution in [0.1, 0.15) is 35.1 Å². The Morgan fingerprint density at radius 3 is 1.41 bits per heavy atom. The molecule has 0 saturated heterocycles. The zero-order chi connectivity index (χ0) is 23.8. The molecule has 0 saturated carbocycles. The van der Waals surface area contributed by atoms with Crippen molar-refractivity contribution < 1.29 is 4.74 Å². The summed E-state index contributed by atoms with van der Waals surface area (Å²) in [5.41, 5.74) is 5.64. The molecule has 34 heavy (non-hydrogen) atoms. The second-order valence-electron chi connectivity index (χ2n) is 9.87. The van der Waals surface area contributed by atoms with Gasteiger partial charge in [0.15, 0.2) is 0 Å². The van der Waals surface area contributed by atoms with Crippen molar-refractivity contribution in [3.8, 4) is 5.75 Å². The Bertz CT molecular complexity index is 1210. The van der Waals surface area contributed by atoms with Crippen LogP contribution in [0.4, 0.5) is 0 Å². The second kappa shape index (κ2) is 8.71. The van der Waals surface area contributed by atoms with Crippen LogP contribution in [0, 0.1) is 13.8 Å². The molecular formula is C32H35OP. The number of hydrogen-bond donors (Lipinski definition) is 0. The summed E-state index contributed by atoms with van der Waals surface area (Å²) in [5, 5.41) is 5.83. The Hall–Kier alpha value is -2.89. The van der Waals surface area contributed by atoms with E-state index in [1.165, 1.54) is 51.0 Å². The molecule has 0 heterocycles. The number of rotatable bonds is 5. The zero-order valence-electron chi connectivity index (χ0n) is 20.8. The molecule has 1 aliphatic carbocycles. The Kier molecular flexibility index (Phi) is 5.86. The van der Waals surface area contributed by atoms with Gasteiger partial charge in [-0.1, -0.05) is 0 Å². The molecular weight excluding hydrogens is 431 g/mol. The summed E-state index contributed by atoms with van der Waals surface area (Å²) in [5.74, 6) is 1.11. The van der Waals surface area contributed by atoms with Gasteiger partial charge in [-0.3, -0.25) is 0 Å². The zero-order valence-corrected chi connectivity index (χ0v) is 21.7. The van der Waals surface area contributed by atoms with Gasteiger partial charge in [0.05, 0.1) is 0 Å². The van der Waals surface area contributed by atoms with Gasteiger partial charge in [0, 0.05) is 0 Å². The van der Waals surface area contributed by atoms with Crippen LogP contribution in [0.3, 0.4) is 0 Å². The first-order valence-corrected chi connectivity index (χ1v) is 15.1. The monoisotopic (exact) mass is 466 g/mol. The van der Waals surface area contributed by atoms with Crippen molar-refractivity contribution in [3.63, 3.8) is 0 Å². The normalized spacial score (nSPS) is 14.6. The van der Waals surface area contributed by atoms with E-state index in [4.69, 9.17) is 4.74 Å². The number of hydrogen-bond acceptors (Lipinski definition) is 1. The fourth-order valence-corrected chi connectivity index (χ4v) is 12.8. The molecule has 0 amide bonds. The Labute approximate surface area is 204 Å². The van der Waals surface area contributed by atoms with E-state index >= 15 is 0 Å². The van der Waals surface area contributed by atoms with Gasteiger partial charge in [-0.2, -0.15) is 0 Å². The van der Waals surface area contributed by atoms with Crippen molar-refractivity contribution in [2.24, 2.45) is 0 Å². The molecule has 0 fully saturated rings. The van der Waals surface area contributed by atoms with E-state index < -0.39 is 6.60 Å². The van der Waals surface area contributed by atoms with Gasteiger partial charge in [0.1, 0.15) is 0 Å². The molecule has 0 N–H and O–H groups in total. The van der Waals surface area contributed by atoms with E-state index in [1.807, 2.05) is 7.11 Å². The molecule has 0 radical (unpaired) electrons. The van der Waals surface area contributed by atoms with Gasteiger partial charge in [-0.05, 0) is 0 Å². The first-order chi connectivity index (χ1) is 16.5. The summed E-state index contributed by atoms with van der Waals surface area (Å²) >= 11 is 0. The van der Waals surface area contributed by atoms with Gasteiger partial charge in [0.25, 0.3) is 0 Å². The summed E-state index contributed by atoms with van der Waals surface area (Å²) in [6.45, 7) is 4.11. The molecule has 0 aliphatic heterocycles. The third-order valence-electron chi connectivity index (χ3n) is 8.25. The Balaban J connectivity index is 2.08. The van der Waals surface area contributed by atoms with E-state index in [0.717, 1.165) is 18.6 Å². The van der Waals surface area contributed by atoms with Gasteiger partial charge < -0.3 is 0 Å². The van der Waals surface area contributed by atoms with Gasteiger partial charge in [0.2, 0.25) is 0 Å². The predicted octanol–water partition coefficient (Wildman–Crippen LogP) is 5.98. The summed E-state index contributed by atoms with van der Waals surface area (Å²) < 4.78 is 6.06. The number of fused-ring (bicyclic) bond motifs is 1. The number of ether oxygens (including phenoxy) is 1. The Morgan fingerprint density at radius 2 is 1.00 bits per heavy atom. The van der Waals surface area contributed by atoms with Crippen molar-refractivity contribution in [3.05, 3.63) is 113 Å². The standard InChI is InChI=1S/C32H35OP/c1-24-25(2)32(30-23-15-14-22-29(30)31(24)33-3)34(4,26-16-8-5-9-17-26,27-18-10-6-11-19-27)28-20-12-7-13-21-28/h5-13,16-21H,14-15,22-23H2,1-4H3. The third-order valence-corrected chi connectivity index (χ3v) is 14.7. The van der Waals surface area contributed by atoms with E-state index in [-0.39, 0.29) is 0 Å². The maximum atomic E-state index is 6.06. The van der Waals surface area contributed by atoms with Crippen molar-refractivity contribution in [1.82, 2.24) is 0 Å². The van der Waals surface area contributed by atoms with Gasteiger partial charge in [-0.15, -0.1) is 0 Å². The van der Waals surface area contributed by atoms with Crippen LogP contribution in [0.15, 0.2) is 91.0 Å². The summed E-state index contributed by atoms with van der Waals surface area (Å²) in [6.07, 6.45) is 4.67. The van der Waals surface area contributed by atoms with Crippen LogP contribution in [0.2, 0.25) is 0 Å². The molecule has 2 heteroatoms. The van der Waals surface area contributed by atoms with Gasteiger partial charge >= 0.3 is 205 Å². The van der Waals surface area contributed by atoms with Crippen molar-refractivity contribution in [1.29, 1.82) is 0 Å². The quantitative estimate of drug-likeness (QED) is 0.329. The molecule has 0 bridgehead atoms. The number of methoxy groups -OCH3 is 1. The van der Waals surface area contributed by atoms with Crippen LogP contribution in [0.25, 0.3) is 0 Å². The van der Waals surface area contributed by atoms with Crippen LogP contribution < -0.4 is 26.0 Å². The van der Waals surface area contributed by atoms with E-state index in [1.54, 1.807) is 5.30 Å². The molecule has 0 spiro atoms. The molecule has 1 aliphatic rings. The van der Waals surface area contributed by atoms with Crippen LogP contribution in [-0.2, 0) is 12.8 Å². The Morgan fingerprint density at radius 1 is 0.588 bits per heavy atom. The second-order valence-corrected chi connectivity index (χ2v) is 15.0. The molecule has 174 valence electrons. The molecule has 4 aromatic rings. The topological polar surface area (TPSA) is 9.23 Å². The molecule has 0 aromatic heterocycles. The SMILES string of the molecule is COc1c(C)c(C)c(P(C)(c2ccccc2)(c2ccccc2)c2ccccc2)c2c1CCCC2. The summed E-state index contributed by atoms with van der Waals surface area (Å²) in [6, 6.07) is 33.9. The molecule has 1 nitrogen and oxygen atoms in total. The minimum absolute atomic E-state index is 1.09. The van der Waals surface area contributed by atoms with Crippen LogP contribution >= 0.6 is 6.60 Å². The van der Waals surface area contributed by atoms with E-state index in [2.05, 4.69) is 112 Å². The van der Waals surface area contributed by atoms with Gasteiger partial charge in [-0.25, -0.2) is 0 Å². The van der Waals surface area contributed by atoms with Crippen LogP contribution in [-0.4, -0.2) is 13.8 Å². The molecule has 5 rings (SSSR count). The van der Waals surface area contributed by atoms with Crippen molar-refractivity contribution in [2.45, 2.75) is 39.5 Å². The average molecular weight is 467 g/mol. The van der Waals surface area contributed by atoms with Crippen molar-refractivity contribution >= 4 is 27.8 Å². The first kappa shape index (κ1) is 22.9. The molecule has 4 aromatic carbocycles. The summed E-state index contributed by atoms with van der Waals surface area (Å²) in [4.78, 5) is 0. The van der Waals surface area contributed by atoms with E-state index in [0.29, 0.717) is 0 Å². The molecule has 0 atom stereocenters. The fourth-order valence-electron chi connectivity index (χ4n) is 6.49. The maximum absolute atomic E-state index is 6.06. The predicted molar refractivity (Wildman–Crippen MR) is 150 cm³/mol. The minimum atomic E-state index is -3.08. The third kappa shape index (κ3) is 3.10. The van der Waals surface area contributed by atoms with Crippen LogP contribution in [0.5, 0.6) is 5.75 Å². The number of benzene rings is 4. The average Bonchev–Trinajstić information content (AvgIpc) is 2.91. The van der Waals surface area contributed by atoms with Crippen molar-refractivity contribution in [2.75, 3.05) is 13.8 Å². The fraction of sp³-hybridized carbons (Fsp3) is 0.250. The summed E-state index contributed by atoms with van der Waals surface area (Å²) in [7, 11) is 1.84. The van der Waals surface area contributed by atoms with E-state index in [9.17, 15) is 0 Å².